The van der Waals surface area contributed by atoms with E-state index in [2.05, 4.69) is 36.5 Å². The number of carbonyl (C=O) groups excluding carboxylic acids is 2. The summed E-state index contributed by atoms with van der Waals surface area (Å²) < 4.78 is 0. The number of benzene rings is 2. The van der Waals surface area contributed by atoms with Gasteiger partial charge in [-0.25, -0.2) is 0 Å². The summed E-state index contributed by atoms with van der Waals surface area (Å²) in [4.78, 5) is 29.5. The highest BCUT2D eigenvalue weighted by Crippen LogP contribution is 2.15. The molecule has 0 aliphatic carbocycles. The van der Waals surface area contributed by atoms with Gasteiger partial charge in [0.2, 0.25) is 0 Å². The van der Waals surface area contributed by atoms with E-state index in [1.807, 2.05) is 44.0 Å². The van der Waals surface area contributed by atoms with Crippen molar-refractivity contribution in [2.75, 3.05) is 51.6 Å². The number of nitrogens with one attached hydrogen (secondary N) is 3. The summed E-state index contributed by atoms with van der Waals surface area (Å²) in [5.41, 5.74) is 5.64. The average Bonchev–Trinajstić information content (AvgIpc) is 2.71. The first kappa shape index (κ1) is 23.0. The van der Waals surface area contributed by atoms with Gasteiger partial charge in [-0.3, -0.25) is 9.59 Å². The minimum Gasteiger partial charge on any atom is -0.328 e. The van der Waals surface area contributed by atoms with E-state index in [-0.39, 0.29) is 18.4 Å². The number of quaternary nitrogens is 2. The van der Waals surface area contributed by atoms with Crippen LogP contribution in [0.5, 0.6) is 0 Å². The molecule has 1 saturated heterocycles. The standard InChI is InChI=1S/C25H34N4O2/c1-19-6-5-7-22(14-19)16-28-10-12-29(13-11-28)25(31)18-27(4)17-24(30)26-23-15-20(2)8-9-21(23)3/h5-9,14-15H,10-13,16-18H2,1-4H3,(H,26,30)/p+2. The summed E-state index contributed by atoms with van der Waals surface area (Å²) in [6.45, 7) is 11.2. The van der Waals surface area contributed by atoms with Crippen LogP contribution in [0, 0.1) is 20.8 Å². The first-order chi connectivity index (χ1) is 14.8. The van der Waals surface area contributed by atoms with Gasteiger partial charge in [-0.2, -0.15) is 0 Å². The lowest BCUT2D eigenvalue weighted by molar-refractivity contribution is -0.917. The van der Waals surface area contributed by atoms with Crippen LogP contribution in [0.3, 0.4) is 0 Å². The molecule has 1 heterocycles. The number of carbonyl (C=O) groups is 2. The Morgan fingerprint density at radius 2 is 1.71 bits per heavy atom. The number of amides is 2. The molecule has 6 nitrogen and oxygen atoms in total. The fourth-order valence-electron chi connectivity index (χ4n) is 4.13. The van der Waals surface area contributed by atoms with Crippen molar-refractivity contribution in [3.05, 3.63) is 64.7 Å². The van der Waals surface area contributed by atoms with Crippen molar-refractivity contribution in [2.45, 2.75) is 27.3 Å². The SMILES string of the molecule is Cc1cccc(C[NH+]2CCN(C(=O)C[NH+](C)CC(=O)Nc3cc(C)ccc3C)CC2)c1. The van der Waals surface area contributed by atoms with Crippen LogP contribution >= 0.6 is 0 Å². The molecule has 0 bridgehead atoms. The second kappa shape index (κ2) is 10.6. The Morgan fingerprint density at radius 1 is 1.00 bits per heavy atom. The molecule has 0 spiro atoms. The molecule has 2 amide bonds. The lowest BCUT2D eigenvalue weighted by atomic mass is 10.1. The summed E-state index contributed by atoms with van der Waals surface area (Å²) in [5, 5.41) is 2.98. The minimum atomic E-state index is -0.0635. The summed E-state index contributed by atoms with van der Waals surface area (Å²) in [6.07, 6.45) is 0. The van der Waals surface area contributed by atoms with Crippen molar-refractivity contribution in [3.63, 3.8) is 0 Å². The smallest absolute Gasteiger partial charge is 0.279 e. The van der Waals surface area contributed by atoms with Crippen LogP contribution in [0.1, 0.15) is 22.3 Å². The van der Waals surface area contributed by atoms with Crippen molar-refractivity contribution in [1.82, 2.24) is 4.90 Å². The predicted octanol–water partition coefficient (Wildman–Crippen LogP) is -0.00764. The number of likely N-dealkylation sites (N-methyl/N-ethyl adjacent to an activating group) is 1. The molecular weight excluding hydrogens is 388 g/mol. The van der Waals surface area contributed by atoms with Crippen molar-refractivity contribution in [1.29, 1.82) is 0 Å². The van der Waals surface area contributed by atoms with Gasteiger partial charge in [-0.05, 0) is 38.0 Å². The van der Waals surface area contributed by atoms with E-state index in [9.17, 15) is 9.59 Å². The van der Waals surface area contributed by atoms with E-state index in [1.165, 1.54) is 16.0 Å². The second-order valence-corrected chi connectivity index (χ2v) is 8.97. The molecule has 1 atom stereocenters. The minimum absolute atomic E-state index is 0.0635. The first-order valence-corrected chi connectivity index (χ1v) is 11.2. The number of piperazine rings is 1. The van der Waals surface area contributed by atoms with E-state index < -0.39 is 0 Å². The van der Waals surface area contributed by atoms with E-state index in [0.717, 1.165) is 54.4 Å². The molecule has 1 fully saturated rings. The van der Waals surface area contributed by atoms with Crippen molar-refractivity contribution < 1.29 is 19.4 Å². The quantitative estimate of drug-likeness (QED) is 0.586. The Kier molecular flexibility index (Phi) is 7.82. The Labute approximate surface area is 185 Å². The predicted molar refractivity (Wildman–Crippen MR) is 123 cm³/mol. The van der Waals surface area contributed by atoms with Crippen LogP contribution in [0.25, 0.3) is 0 Å². The second-order valence-electron chi connectivity index (χ2n) is 8.97. The van der Waals surface area contributed by atoms with E-state index in [0.29, 0.717) is 6.54 Å². The molecule has 31 heavy (non-hydrogen) atoms. The van der Waals surface area contributed by atoms with Crippen LogP contribution in [-0.4, -0.2) is 63.0 Å². The van der Waals surface area contributed by atoms with E-state index >= 15 is 0 Å². The molecule has 166 valence electrons. The summed E-state index contributed by atoms with van der Waals surface area (Å²) >= 11 is 0. The van der Waals surface area contributed by atoms with Gasteiger partial charge in [-0.15, -0.1) is 0 Å². The molecule has 2 aromatic carbocycles. The Balaban J connectivity index is 1.41. The number of hydrogen-bond acceptors (Lipinski definition) is 2. The highest BCUT2D eigenvalue weighted by Gasteiger charge is 2.26. The lowest BCUT2D eigenvalue weighted by Crippen LogP contribution is -3.14. The molecular formula is C25H36N4O2+2. The fraction of sp³-hybridized carbons (Fsp3) is 0.440. The maximum atomic E-state index is 12.7. The Hall–Kier alpha value is -2.70. The van der Waals surface area contributed by atoms with Gasteiger partial charge >= 0.3 is 0 Å². The molecule has 1 aliphatic heterocycles. The Bertz CT molecular complexity index is 919. The molecule has 0 aromatic heterocycles. The van der Waals surface area contributed by atoms with Crippen LogP contribution in [0.4, 0.5) is 5.69 Å². The van der Waals surface area contributed by atoms with Gasteiger partial charge in [0.25, 0.3) is 11.8 Å². The van der Waals surface area contributed by atoms with Gasteiger partial charge in [0, 0.05) is 11.3 Å². The average molecular weight is 425 g/mol. The Morgan fingerprint density at radius 3 is 2.42 bits per heavy atom. The fourth-order valence-corrected chi connectivity index (χ4v) is 4.13. The molecule has 0 saturated carbocycles. The number of hydrogen-bond donors (Lipinski definition) is 3. The number of aryl methyl sites for hydroxylation is 3. The van der Waals surface area contributed by atoms with Gasteiger partial charge < -0.3 is 20.0 Å². The zero-order chi connectivity index (χ0) is 22.4. The third-order valence-corrected chi connectivity index (χ3v) is 5.94. The van der Waals surface area contributed by atoms with Gasteiger partial charge in [0.1, 0.15) is 6.54 Å². The van der Waals surface area contributed by atoms with Crippen LogP contribution in [0.2, 0.25) is 0 Å². The van der Waals surface area contributed by atoms with Gasteiger partial charge in [0.05, 0.1) is 33.2 Å². The van der Waals surface area contributed by atoms with Crippen molar-refractivity contribution in [3.8, 4) is 0 Å². The molecule has 2 aromatic rings. The third kappa shape index (κ3) is 6.91. The summed E-state index contributed by atoms with van der Waals surface area (Å²) in [5.74, 6) is 0.0676. The topological polar surface area (TPSA) is 58.3 Å². The first-order valence-electron chi connectivity index (χ1n) is 11.2. The maximum absolute atomic E-state index is 12.7. The summed E-state index contributed by atoms with van der Waals surface area (Å²) in [7, 11) is 1.90. The summed E-state index contributed by atoms with van der Waals surface area (Å²) in [6, 6.07) is 14.7. The van der Waals surface area contributed by atoms with Crippen LogP contribution < -0.4 is 15.1 Å². The normalized spacial score (nSPS) is 15.5. The molecule has 1 unspecified atom stereocenters. The molecule has 3 N–H and O–H groups in total. The number of rotatable bonds is 7. The third-order valence-electron chi connectivity index (χ3n) is 5.94. The van der Waals surface area contributed by atoms with Crippen LogP contribution in [-0.2, 0) is 16.1 Å². The largest absolute Gasteiger partial charge is 0.328 e. The monoisotopic (exact) mass is 424 g/mol. The highest BCUT2D eigenvalue weighted by molar-refractivity contribution is 5.92. The van der Waals surface area contributed by atoms with E-state index in [1.54, 1.807) is 0 Å². The number of nitrogens with zero attached hydrogens (tertiary/aromatic N) is 1. The molecule has 3 rings (SSSR count). The van der Waals surface area contributed by atoms with Crippen LogP contribution in [0.15, 0.2) is 42.5 Å². The van der Waals surface area contributed by atoms with Crippen molar-refractivity contribution in [2.24, 2.45) is 0 Å². The highest BCUT2D eigenvalue weighted by atomic mass is 16.2. The lowest BCUT2D eigenvalue weighted by Gasteiger charge is -2.32. The molecule has 6 heteroatoms. The molecule has 0 radical (unpaired) electrons. The maximum Gasteiger partial charge on any atom is 0.279 e. The van der Waals surface area contributed by atoms with Gasteiger partial charge in [0.15, 0.2) is 13.1 Å². The molecule has 1 aliphatic rings. The zero-order valence-electron chi connectivity index (χ0n) is 19.3. The van der Waals surface area contributed by atoms with Crippen molar-refractivity contribution >= 4 is 17.5 Å². The van der Waals surface area contributed by atoms with E-state index in [4.69, 9.17) is 0 Å². The number of anilines is 1. The van der Waals surface area contributed by atoms with Gasteiger partial charge in [-0.1, -0.05) is 42.0 Å². The zero-order valence-corrected chi connectivity index (χ0v) is 19.3.